The minimum Gasteiger partial charge on any atom is -0.493 e. The van der Waals surface area contributed by atoms with Gasteiger partial charge in [0.15, 0.2) is 11.5 Å². The Morgan fingerprint density at radius 1 is 1.07 bits per heavy atom. The summed E-state index contributed by atoms with van der Waals surface area (Å²) in [5.74, 6) is 1.09. The number of carbonyl (C=O) groups excluding carboxylic acids is 1. The van der Waals surface area contributed by atoms with Crippen molar-refractivity contribution in [2.24, 2.45) is 0 Å². The fraction of sp³-hybridized carbons (Fsp3) is 0.263. The lowest BCUT2D eigenvalue weighted by molar-refractivity contribution is -0.124. The third kappa shape index (κ3) is 4.60. The molecule has 0 unspecified atom stereocenters. The number of hydrogen-bond acceptors (Lipinski definition) is 6. The van der Waals surface area contributed by atoms with Crippen molar-refractivity contribution in [1.82, 2.24) is 25.5 Å². The largest absolute Gasteiger partial charge is 0.493 e. The first-order chi connectivity index (χ1) is 13.2. The van der Waals surface area contributed by atoms with Crippen molar-refractivity contribution >= 4 is 5.91 Å². The number of aromatic nitrogens is 4. The smallest absolute Gasteiger partial charge is 0.245 e. The van der Waals surface area contributed by atoms with Crippen LogP contribution < -0.4 is 14.8 Å². The summed E-state index contributed by atoms with van der Waals surface area (Å²) in [7, 11) is 3.16. The fourth-order valence-corrected chi connectivity index (χ4v) is 2.75. The second-order valence-corrected chi connectivity index (χ2v) is 5.90. The standard InChI is InChI=1S/C19H21N5O3/c1-26-17-9-8-15(11-18(17)27-2)12-20-19(25)16(24-13-21-22-23-24)10-14-6-4-3-5-7-14/h3-9,11,13,16H,10,12H2,1-2H3,(H,20,25)/t16-/m1/s1. The van der Waals surface area contributed by atoms with Crippen LogP contribution in [0.25, 0.3) is 0 Å². The number of tetrazole rings is 1. The monoisotopic (exact) mass is 367 g/mol. The number of amides is 1. The van der Waals surface area contributed by atoms with Crippen molar-refractivity contribution in [2.75, 3.05) is 14.2 Å². The number of nitrogens with one attached hydrogen (secondary N) is 1. The van der Waals surface area contributed by atoms with E-state index >= 15 is 0 Å². The van der Waals surface area contributed by atoms with E-state index < -0.39 is 6.04 Å². The first kappa shape index (κ1) is 18.4. The molecule has 1 amide bonds. The van der Waals surface area contributed by atoms with Crippen LogP contribution in [0.1, 0.15) is 17.2 Å². The molecule has 0 saturated carbocycles. The van der Waals surface area contributed by atoms with Crippen molar-refractivity contribution in [3.05, 3.63) is 66.0 Å². The highest BCUT2D eigenvalue weighted by Gasteiger charge is 2.22. The van der Waals surface area contributed by atoms with Crippen molar-refractivity contribution in [3.63, 3.8) is 0 Å². The molecular formula is C19H21N5O3. The lowest BCUT2D eigenvalue weighted by Gasteiger charge is -2.17. The molecule has 0 bridgehead atoms. The third-order valence-electron chi connectivity index (χ3n) is 4.17. The van der Waals surface area contributed by atoms with Crippen LogP contribution in [-0.4, -0.2) is 40.3 Å². The van der Waals surface area contributed by atoms with E-state index in [4.69, 9.17) is 9.47 Å². The van der Waals surface area contributed by atoms with Gasteiger partial charge in [0.05, 0.1) is 14.2 Å². The molecule has 0 radical (unpaired) electrons. The van der Waals surface area contributed by atoms with Gasteiger partial charge in [-0.3, -0.25) is 4.79 Å². The van der Waals surface area contributed by atoms with Crippen LogP contribution in [0, 0.1) is 0 Å². The van der Waals surface area contributed by atoms with Gasteiger partial charge in [-0.15, -0.1) is 5.10 Å². The van der Waals surface area contributed by atoms with Gasteiger partial charge < -0.3 is 14.8 Å². The molecule has 3 aromatic rings. The Morgan fingerprint density at radius 3 is 2.52 bits per heavy atom. The minimum atomic E-state index is -0.539. The van der Waals surface area contributed by atoms with Gasteiger partial charge >= 0.3 is 0 Å². The van der Waals surface area contributed by atoms with E-state index in [-0.39, 0.29) is 5.91 Å². The predicted molar refractivity (Wildman–Crippen MR) is 98.4 cm³/mol. The topological polar surface area (TPSA) is 91.2 Å². The Kier molecular flexibility index (Phi) is 5.98. The molecule has 0 aliphatic rings. The summed E-state index contributed by atoms with van der Waals surface area (Å²) >= 11 is 0. The van der Waals surface area contributed by atoms with Gasteiger partial charge in [-0.25, -0.2) is 4.68 Å². The molecule has 0 saturated heterocycles. The molecule has 0 fully saturated rings. The summed E-state index contributed by atoms with van der Waals surface area (Å²) in [5, 5.41) is 14.1. The molecule has 2 aromatic carbocycles. The highest BCUT2D eigenvalue weighted by Crippen LogP contribution is 2.27. The lowest BCUT2D eigenvalue weighted by Crippen LogP contribution is -2.34. The maximum atomic E-state index is 12.8. The third-order valence-corrected chi connectivity index (χ3v) is 4.17. The van der Waals surface area contributed by atoms with Crippen LogP contribution in [0.4, 0.5) is 0 Å². The molecule has 0 aliphatic carbocycles. The molecule has 0 spiro atoms. The van der Waals surface area contributed by atoms with Crippen molar-refractivity contribution in [1.29, 1.82) is 0 Å². The zero-order valence-corrected chi connectivity index (χ0v) is 15.2. The van der Waals surface area contributed by atoms with Crippen LogP contribution in [-0.2, 0) is 17.8 Å². The van der Waals surface area contributed by atoms with E-state index in [1.165, 1.54) is 11.0 Å². The second-order valence-electron chi connectivity index (χ2n) is 5.90. The Bertz CT molecular complexity index is 868. The normalized spacial score (nSPS) is 11.6. The molecule has 1 atom stereocenters. The van der Waals surface area contributed by atoms with Crippen molar-refractivity contribution < 1.29 is 14.3 Å². The average molecular weight is 367 g/mol. The summed E-state index contributed by atoms with van der Waals surface area (Å²) in [6.07, 6.45) is 1.94. The number of ether oxygens (including phenoxy) is 2. The average Bonchev–Trinajstić information content (AvgIpc) is 3.25. The summed E-state index contributed by atoms with van der Waals surface area (Å²) in [6.45, 7) is 0.354. The molecule has 140 valence electrons. The van der Waals surface area contributed by atoms with E-state index in [9.17, 15) is 4.79 Å². The molecule has 3 rings (SSSR count). The van der Waals surface area contributed by atoms with E-state index in [1.807, 2.05) is 48.5 Å². The number of rotatable bonds is 8. The van der Waals surface area contributed by atoms with Gasteiger partial charge in [0.2, 0.25) is 5.91 Å². The Hall–Kier alpha value is -3.42. The molecule has 27 heavy (non-hydrogen) atoms. The number of benzene rings is 2. The number of hydrogen-bond donors (Lipinski definition) is 1. The molecule has 1 heterocycles. The van der Waals surface area contributed by atoms with Gasteiger partial charge in [0, 0.05) is 13.0 Å². The Labute approximate surface area is 157 Å². The van der Waals surface area contributed by atoms with Crippen molar-refractivity contribution in [3.8, 4) is 11.5 Å². The van der Waals surface area contributed by atoms with Crippen LogP contribution in [0.15, 0.2) is 54.9 Å². The van der Waals surface area contributed by atoms with E-state index in [0.717, 1.165) is 11.1 Å². The van der Waals surface area contributed by atoms with Gasteiger partial charge in [-0.1, -0.05) is 36.4 Å². The lowest BCUT2D eigenvalue weighted by atomic mass is 10.1. The zero-order valence-electron chi connectivity index (χ0n) is 15.2. The number of nitrogens with zero attached hydrogens (tertiary/aromatic N) is 4. The maximum Gasteiger partial charge on any atom is 0.245 e. The van der Waals surface area contributed by atoms with Gasteiger partial charge in [-0.2, -0.15) is 0 Å². The van der Waals surface area contributed by atoms with Crippen LogP contribution in [0.3, 0.4) is 0 Å². The molecule has 0 aliphatic heterocycles. The first-order valence-electron chi connectivity index (χ1n) is 8.46. The van der Waals surface area contributed by atoms with Gasteiger partial charge in [0.25, 0.3) is 0 Å². The summed E-state index contributed by atoms with van der Waals surface area (Å²) < 4.78 is 12.0. The molecular weight excluding hydrogens is 346 g/mol. The minimum absolute atomic E-state index is 0.166. The van der Waals surface area contributed by atoms with Crippen LogP contribution in [0.2, 0.25) is 0 Å². The van der Waals surface area contributed by atoms with Gasteiger partial charge in [-0.05, 0) is 33.7 Å². The SMILES string of the molecule is COc1ccc(CNC(=O)[C@@H](Cc2ccccc2)n2cnnn2)cc1OC. The molecule has 1 N–H and O–H groups in total. The van der Waals surface area contributed by atoms with E-state index in [2.05, 4.69) is 20.8 Å². The fourth-order valence-electron chi connectivity index (χ4n) is 2.75. The second kappa shape index (κ2) is 8.79. The van der Waals surface area contributed by atoms with Crippen molar-refractivity contribution in [2.45, 2.75) is 19.0 Å². The summed E-state index contributed by atoms with van der Waals surface area (Å²) in [6, 6.07) is 14.7. The number of carbonyl (C=O) groups is 1. The van der Waals surface area contributed by atoms with Crippen LogP contribution >= 0.6 is 0 Å². The van der Waals surface area contributed by atoms with Crippen LogP contribution in [0.5, 0.6) is 11.5 Å². The molecule has 1 aromatic heterocycles. The number of methoxy groups -OCH3 is 2. The highest BCUT2D eigenvalue weighted by atomic mass is 16.5. The van der Waals surface area contributed by atoms with Gasteiger partial charge in [0.1, 0.15) is 12.4 Å². The predicted octanol–water partition coefficient (Wildman–Crippen LogP) is 1.79. The Morgan fingerprint density at radius 2 is 1.85 bits per heavy atom. The molecule has 8 heteroatoms. The first-order valence-corrected chi connectivity index (χ1v) is 8.46. The zero-order chi connectivity index (χ0) is 19.1. The van der Waals surface area contributed by atoms with E-state index in [0.29, 0.717) is 24.5 Å². The van der Waals surface area contributed by atoms with E-state index in [1.54, 1.807) is 14.2 Å². The Balaban J connectivity index is 1.71. The summed E-state index contributed by atoms with van der Waals surface area (Å²) in [4.78, 5) is 12.8. The maximum absolute atomic E-state index is 12.8. The summed E-state index contributed by atoms with van der Waals surface area (Å²) in [5.41, 5.74) is 1.93. The quantitative estimate of drug-likeness (QED) is 0.653. The molecule has 8 nitrogen and oxygen atoms in total. The highest BCUT2D eigenvalue weighted by molar-refractivity contribution is 5.80.